The van der Waals surface area contributed by atoms with Crippen molar-refractivity contribution in [2.45, 2.75) is 72.0 Å². The van der Waals surface area contributed by atoms with E-state index in [1.165, 1.54) is 0 Å². The van der Waals surface area contributed by atoms with Gasteiger partial charge in [-0.3, -0.25) is 9.59 Å². The summed E-state index contributed by atoms with van der Waals surface area (Å²) in [5, 5.41) is 2.92. The van der Waals surface area contributed by atoms with Crippen molar-refractivity contribution in [3.8, 4) is 0 Å². The molecule has 1 saturated heterocycles. The highest BCUT2D eigenvalue weighted by atomic mass is 16.2. The minimum Gasteiger partial charge on any atom is -0.342 e. The first-order valence-corrected chi connectivity index (χ1v) is 7.38. The second kappa shape index (κ2) is 4.80. The summed E-state index contributed by atoms with van der Waals surface area (Å²) < 4.78 is 0. The van der Waals surface area contributed by atoms with Crippen LogP contribution in [0.15, 0.2) is 0 Å². The van der Waals surface area contributed by atoms with Crippen LogP contribution in [0.4, 0.5) is 0 Å². The molecule has 0 aromatic carbocycles. The van der Waals surface area contributed by atoms with Crippen molar-refractivity contribution in [3.05, 3.63) is 0 Å². The maximum absolute atomic E-state index is 12.7. The molecule has 2 atom stereocenters. The zero-order valence-corrected chi connectivity index (χ0v) is 12.7. The molecule has 1 heterocycles. The Morgan fingerprint density at radius 3 is 2.26 bits per heavy atom. The fraction of sp³-hybridized carbons (Fsp3) is 0.867. The lowest BCUT2D eigenvalue weighted by Crippen LogP contribution is -2.69. The molecule has 2 unspecified atom stereocenters. The summed E-state index contributed by atoms with van der Waals surface area (Å²) in [5.41, 5.74) is -0.237. The molecular weight excluding hydrogens is 240 g/mol. The molecule has 2 fully saturated rings. The van der Waals surface area contributed by atoms with Crippen LogP contribution in [0.5, 0.6) is 0 Å². The third kappa shape index (κ3) is 2.49. The van der Waals surface area contributed by atoms with Gasteiger partial charge in [-0.25, -0.2) is 0 Å². The SMILES string of the molecule is CCC1C(=O)NC(C(C)(C)C)C(=O)N1C1CC(C)C1. The molecule has 1 aliphatic carbocycles. The first kappa shape index (κ1) is 14.4. The lowest BCUT2D eigenvalue weighted by molar-refractivity contribution is -0.158. The quantitative estimate of drug-likeness (QED) is 0.830. The summed E-state index contributed by atoms with van der Waals surface area (Å²) >= 11 is 0. The van der Waals surface area contributed by atoms with Crippen LogP contribution in [0.3, 0.4) is 0 Å². The van der Waals surface area contributed by atoms with E-state index in [9.17, 15) is 9.59 Å². The minimum atomic E-state index is -0.390. The van der Waals surface area contributed by atoms with Crippen LogP contribution in [0.1, 0.15) is 53.9 Å². The van der Waals surface area contributed by atoms with Crippen molar-refractivity contribution in [3.63, 3.8) is 0 Å². The Kier molecular flexibility index (Phi) is 3.63. The van der Waals surface area contributed by atoms with Gasteiger partial charge in [0, 0.05) is 6.04 Å². The van der Waals surface area contributed by atoms with E-state index in [0.717, 1.165) is 12.8 Å². The summed E-state index contributed by atoms with van der Waals surface area (Å²) in [7, 11) is 0. The average molecular weight is 266 g/mol. The number of hydrogen-bond acceptors (Lipinski definition) is 2. The number of carbonyl (C=O) groups is 2. The normalized spacial score (nSPS) is 35.9. The van der Waals surface area contributed by atoms with E-state index in [0.29, 0.717) is 12.3 Å². The van der Waals surface area contributed by atoms with Crippen molar-refractivity contribution >= 4 is 11.8 Å². The van der Waals surface area contributed by atoms with Crippen molar-refractivity contribution in [1.29, 1.82) is 0 Å². The maximum atomic E-state index is 12.7. The van der Waals surface area contributed by atoms with Gasteiger partial charge in [-0.2, -0.15) is 0 Å². The van der Waals surface area contributed by atoms with E-state index < -0.39 is 6.04 Å². The van der Waals surface area contributed by atoms with Gasteiger partial charge < -0.3 is 10.2 Å². The van der Waals surface area contributed by atoms with Gasteiger partial charge in [0.05, 0.1) is 0 Å². The minimum absolute atomic E-state index is 0.0154. The summed E-state index contributed by atoms with van der Waals surface area (Å²) in [6.45, 7) is 10.2. The molecule has 2 aliphatic rings. The largest absolute Gasteiger partial charge is 0.342 e. The molecule has 108 valence electrons. The summed E-state index contributed by atoms with van der Waals surface area (Å²) in [4.78, 5) is 26.9. The standard InChI is InChI=1S/C15H26N2O2/c1-6-11-13(18)16-12(15(3,4)5)14(19)17(11)10-7-9(2)8-10/h9-12H,6-8H2,1-5H3,(H,16,18). The molecular formula is C15H26N2O2. The van der Waals surface area contributed by atoms with E-state index in [4.69, 9.17) is 0 Å². The molecule has 1 saturated carbocycles. The molecule has 0 aromatic heterocycles. The third-order valence-electron chi connectivity index (χ3n) is 4.42. The van der Waals surface area contributed by atoms with E-state index in [-0.39, 0.29) is 29.3 Å². The highest BCUT2D eigenvalue weighted by Crippen LogP contribution is 2.36. The molecule has 0 aromatic rings. The Bertz CT molecular complexity index is 380. The zero-order valence-electron chi connectivity index (χ0n) is 12.7. The van der Waals surface area contributed by atoms with Gasteiger partial charge >= 0.3 is 0 Å². The lowest BCUT2D eigenvalue weighted by Gasteiger charge is -2.50. The molecule has 0 spiro atoms. The summed E-state index contributed by atoms with van der Waals surface area (Å²) in [6, 6.07) is -0.398. The fourth-order valence-corrected chi connectivity index (χ4v) is 3.22. The third-order valence-corrected chi connectivity index (χ3v) is 4.42. The molecule has 1 N–H and O–H groups in total. The lowest BCUT2D eigenvalue weighted by atomic mass is 9.77. The number of carbonyl (C=O) groups excluding carboxylic acids is 2. The monoisotopic (exact) mass is 266 g/mol. The fourth-order valence-electron chi connectivity index (χ4n) is 3.22. The molecule has 4 nitrogen and oxygen atoms in total. The predicted octanol–water partition coefficient (Wildman–Crippen LogP) is 1.94. The number of nitrogens with one attached hydrogen (secondary N) is 1. The van der Waals surface area contributed by atoms with Crippen LogP contribution in [0.25, 0.3) is 0 Å². The smallest absolute Gasteiger partial charge is 0.246 e. The molecule has 0 radical (unpaired) electrons. The predicted molar refractivity (Wildman–Crippen MR) is 74.5 cm³/mol. The number of nitrogens with zero attached hydrogens (tertiary/aromatic N) is 1. The van der Waals surface area contributed by atoms with Crippen LogP contribution in [0.2, 0.25) is 0 Å². The van der Waals surface area contributed by atoms with Gasteiger partial charge in [-0.1, -0.05) is 34.6 Å². The molecule has 0 bridgehead atoms. The Morgan fingerprint density at radius 2 is 1.84 bits per heavy atom. The molecule has 19 heavy (non-hydrogen) atoms. The second-order valence-corrected chi connectivity index (χ2v) is 7.21. The average Bonchev–Trinajstić information content (AvgIpc) is 2.26. The van der Waals surface area contributed by atoms with E-state index >= 15 is 0 Å². The van der Waals surface area contributed by atoms with Gasteiger partial charge in [0.2, 0.25) is 11.8 Å². The van der Waals surface area contributed by atoms with Crippen LogP contribution in [0, 0.1) is 11.3 Å². The Morgan fingerprint density at radius 1 is 1.26 bits per heavy atom. The van der Waals surface area contributed by atoms with Gasteiger partial charge in [-0.15, -0.1) is 0 Å². The van der Waals surface area contributed by atoms with Crippen molar-refractivity contribution < 1.29 is 9.59 Å². The summed E-state index contributed by atoms with van der Waals surface area (Å²) in [6.07, 6.45) is 2.76. The van der Waals surface area contributed by atoms with Crippen LogP contribution in [-0.2, 0) is 9.59 Å². The molecule has 2 rings (SSSR count). The van der Waals surface area contributed by atoms with Gasteiger partial charge in [-0.05, 0) is 30.6 Å². The first-order chi connectivity index (χ1) is 8.75. The molecule has 1 aliphatic heterocycles. The van der Waals surface area contributed by atoms with Crippen LogP contribution >= 0.6 is 0 Å². The number of piperazine rings is 1. The first-order valence-electron chi connectivity index (χ1n) is 7.38. The van der Waals surface area contributed by atoms with E-state index in [1.54, 1.807) is 0 Å². The van der Waals surface area contributed by atoms with Gasteiger partial charge in [0.25, 0.3) is 0 Å². The Balaban J connectivity index is 2.24. The highest BCUT2D eigenvalue weighted by molar-refractivity contribution is 5.97. The van der Waals surface area contributed by atoms with E-state index in [2.05, 4.69) is 12.2 Å². The maximum Gasteiger partial charge on any atom is 0.246 e. The Labute approximate surface area is 115 Å². The van der Waals surface area contributed by atoms with Gasteiger partial charge in [0.15, 0.2) is 0 Å². The van der Waals surface area contributed by atoms with Gasteiger partial charge in [0.1, 0.15) is 12.1 Å². The van der Waals surface area contributed by atoms with Crippen molar-refractivity contribution in [2.24, 2.45) is 11.3 Å². The topological polar surface area (TPSA) is 49.4 Å². The number of amides is 2. The second-order valence-electron chi connectivity index (χ2n) is 7.21. The molecule has 4 heteroatoms. The summed E-state index contributed by atoms with van der Waals surface area (Å²) in [5.74, 6) is 0.797. The van der Waals surface area contributed by atoms with E-state index in [1.807, 2.05) is 32.6 Å². The number of rotatable bonds is 2. The molecule has 2 amide bonds. The van der Waals surface area contributed by atoms with Crippen molar-refractivity contribution in [2.75, 3.05) is 0 Å². The number of hydrogen-bond donors (Lipinski definition) is 1. The Hall–Kier alpha value is -1.06. The van der Waals surface area contributed by atoms with Crippen LogP contribution < -0.4 is 5.32 Å². The zero-order chi connectivity index (χ0) is 14.4. The highest BCUT2D eigenvalue weighted by Gasteiger charge is 2.48. The van der Waals surface area contributed by atoms with Crippen molar-refractivity contribution in [1.82, 2.24) is 10.2 Å². The van der Waals surface area contributed by atoms with Crippen LogP contribution in [-0.4, -0.2) is 34.8 Å².